The van der Waals surface area contributed by atoms with Crippen molar-refractivity contribution in [2.75, 3.05) is 19.0 Å². The molecule has 2 atom stereocenters. The summed E-state index contributed by atoms with van der Waals surface area (Å²) in [7, 11) is 1.28. The molecule has 1 aliphatic rings. The van der Waals surface area contributed by atoms with Gasteiger partial charge in [0.15, 0.2) is 0 Å². The van der Waals surface area contributed by atoms with E-state index in [-0.39, 0.29) is 17.9 Å². The van der Waals surface area contributed by atoms with E-state index in [1.807, 2.05) is 6.07 Å². The van der Waals surface area contributed by atoms with Crippen LogP contribution in [0.3, 0.4) is 0 Å². The van der Waals surface area contributed by atoms with E-state index in [9.17, 15) is 18.4 Å². The third kappa shape index (κ3) is 3.86. The number of rotatable bonds is 4. The van der Waals surface area contributed by atoms with E-state index < -0.39 is 35.5 Å². The van der Waals surface area contributed by atoms with Gasteiger partial charge in [-0.05, 0) is 24.3 Å². The molecule has 2 unspecified atom stereocenters. The molecule has 1 heterocycles. The van der Waals surface area contributed by atoms with E-state index in [2.05, 4.69) is 16.0 Å². The number of methoxy groups -OCH3 is 1. The molecule has 7 nitrogen and oxygen atoms in total. The van der Waals surface area contributed by atoms with E-state index in [0.717, 1.165) is 12.1 Å². The summed E-state index contributed by atoms with van der Waals surface area (Å²) in [6, 6.07) is 8.20. The predicted molar refractivity (Wildman–Crippen MR) is 95.8 cm³/mol. The van der Waals surface area contributed by atoms with E-state index >= 15 is 0 Å². The van der Waals surface area contributed by atoms with Crippen LogP contribution in [0, 0.1) is 23.0 Å². The highest BCUT2D eigenvalue weighted by Gasteiger charge is 2.40. The van der Waals surface area contributed by atoms with E-state index in [4.69, 9.17) is 10.00 Å². The average Bonchev–Trinajstić information content (AvgIpc) is 3.02. The van der Waals surface area contributed by atoms with Crippen LogP contribution in [-0.2, 0) is 4.79 Å². The predicted octanol–water partition coefficient (Wildman–Crippen LogP) is 2.25. The van der Waals surface area contributed by atoms with Gasteiger partial charge in [0.05, 0.1) is 18.7 Å². The summed E-state index contributed by atoms with van der Waals surface area (Å²) < 4.78 is 33.6. The van der Waals surface area contributed by atoms with Crippen molar-refractivity contribution in [3.05, 3.63) is 59.2 Å². The van der Waals surface area contributed by atoms with Gasteiger partial charge in [-0.25, -0.2) is 13.6 Å². The molecule has 3 amide bonds. The Morgan fingerprint density at radius 2 is 1.89 bits per heavy atom. The Balaban J connectivity index is 1.77. The number of hydrogen-bond acceptors (Lipinski definition) is 4. The number of halogens is 2. The molecule has 0 bridgehead atoms. The first-order chi connectivity index (χ1) is 13.4. The minimum Gasteiger partial charge on any atom is -0.497 e. The zero-order chi connectivity index (χ0) is 20.3. The molecule has 2 aromatic rings. The number of nitrogens with one attached hydrogen (secondary N) is 3. The lowest BCUT2D eigenvalue weighted by Gasteiger charge is -2.20. The Morgan fingerprint density at radius 3 is 2.46 bits per heavy atom. The normalized spacial score (nSPS) is 18.1. The lowest BCUT2D eigenvalue weighted by molar-refractivity contribution is -0.120. The van der Waals surface area contributed by atoms with Gasteiger partial charge in [-0.1, -0.05) is 0 Å². The van der Waals surface area contributed by atoms with Crippen LogP contribution in [0.15, 0.2) is 36.4 Å². The fourth-order valence-corrected chi connectivity index (χ4v) is 3.03. The molecule has 0 aliphatic carbocycles. The summed E-state index contributed by atoms with van der Waals surface area (Å²) in [6.07, 6.45) is 0. The number of carbonyl (C=O) groups excluding carboxylic acids is 2. The summed E-state index contributed by atoms with van der Waals surface area (Å²) in [5.74, 6) is -3.19. The fourth-order valence-electron chi connectivity index (χ4n) is 3.03. The number of ether oxygens (including phenoxy) is 1. The van der Waals surface area contributed by atoms with Crippen LogP contribution in [0.2, 0.25) is 0 Å². The van der Waals surface area contributed by atoms with Crippen molar-refractivity contribution in [1.82, 2.24) is 10.6 Å². The third-order valence-electron chi connectivity index (χ3n) is 4.40. The largest absolute Gasteiger partial charge is 0.497 e. The first kappa shape index (κ1) is 19.1. The van der Waals surface area contributed by atoms with Crippen LogP contribution in [-0.4, -0.2) is 31.6 Å². The van der Waals surface area contributed by atoms with Gasteiger partial charge in [-0.15, -0.1) is 0 Å². The lowest BCUT2D eigenvalue weighted by Crippen LogP contribution is -2.45. The quantitative estimate of drug-likeness (QED) is 0.750. The minimum absolute atomic E-state index is 0.0131. The molecule has 2 aromatic carbocycles. The van der Waals surface area contributed by atoms with Crippen LogP contribution in [0.25, 0.3) is 0 Å². The number of hydrogen-bond donors (Lipinski definition) is 3. The summed E-state index contributed by atoms with van der Waals surface area (Å²) in [4.78, 5) is 24.4. The first-order valence-electron chi connectivity index (χ1n) is 8.31. The SMILES string of the molecule is COc1cc(F)c(C2CNC(=O)C2NC(=O)Nc2ccc(C#N)cc2)c(F)c1. The van der Waals surface area contributed by atoms with Gasteiger partial charge in [0.1, 0.15) is 23.4 Å². The molecule has 1 fully saturated rings. The minimum atomic E-state index is -1.16. The van der Waals surface area contributed by atoms with Gasteiger partial charge in [0.2, 0.25) is 5.91 Å². The van der Waals surface area contributed by atoms with E-state index in [1.165, 1.54) is 31.4 Å². The summed E-state index contributed by atoms with van der Waals surface area (Å²) in [6.45, 7) is -0.0270. The highest BCUT2D eigenvalue weighted by Crippen LogP contribution is 2.31. The summed E-state index contributed by atoms with van der Waals surface area (Å²) in [5, 5.41) is 16.2. The molecule has 28 heavy (non-hydrogen) atoms. The third-order valence-corrected chi connectivity index (χ3v) is 4.40. The van der Waals surface area contributed by atoms with E-state index in [1.54, 1.807) is 0 Å². The van der Waals surface area contributed by atoms with Crippen molar-refractivity contribution in [2.45, 2.75) is 12.0 Å². The second kappa shape index (κ2) is 7.92. The Labute approximate surface area is 159 Å². The van der Waals surface area contributed by atoms with Crippen molar-refractivity contribution >= 4 is 17.6 Å². The first-order valence-corrected chi connectivity index (χ1v) is 8.31. The Hall–Kier alpha value is -3.67. The maximum absolute atomic E-state index is 14.4. The smallest absolute Gasteiger partial charge is 0.319 e. The van der Waals surface area contributed by atoms with Crippen LogP contribution < -0.4 is 20.7 Å². The maximum atomic E-state index is 14.4. The number of urea groups is 1. The number of nitriles is 1. The molecule has 0 radical (unpaired) electrons. The second-order valence-electron chi connectivity index (χ2n) is 6.12. The topological polar surface area (TPSA) is 103 Å². The second-order valence-corrected chi connectivity index (χ2v) is 6.12. The molecular formula is C19H16F2N4O3. The highest BCUT2D eigenvalue weighted by atomic mass is 19.1. The van der Waals surface area contributed by atoms with Crippen LogP contribution in [0.1, 0.15) is 17.0 Å². The lowest BCUT2D eigenvalue weighted by atomic mass is 9.93. The van der Waals surface area contributed by atoms with Gasteiger partial charge in [0, 0.05) is 35.8 Å². The number of benzene rings is 2. The molecule has 0 spiro atoms. The summed E-state index contributed by atoms with van der Waals surface area (Å²) in [5.41, 5.74) is 0.516. The Morgan fingerprint density at radius 1 is 1.25 bits per heavy atom. The molecule has 0 saturated carbocycles. The van der Waals surface area contributed by atoms with Crippen molar-refractivity contribution in [2.24, 2.45) is 0 Å². The van der Waals surface area contributed by atoms with E-state index in [0.29, 0.717) is 11.3 Å². The zero-order valence-electron chi connectivity index (χ0n) is 14.8. The molecule has 0 aromatic heterocycles. The fraction of sp³-hybridized carbons (Fsp3) is 0.211. The van der Waals surface area contributed by atoms with Gasteiger partial charge in [0.25, 0.3) is 0 Å². The number of anilines is 1. The number of nitrogens with zero attached hydrogens (tertiary/aromatic N) is 1. The van der Waals surface area contributed by atoms with Crippen LogP contribution >= 0.6 is 0 Å². The summed E-state index contributed by atoms with van der Waals surface area (Å²) >= 11 is 0. The Bertz CT molecular complexity index is 934. The molecular weight excluding hydrogens is 370 g/mol. The number of carbonyl (C=O) groups is 2. The van der Waals surface area contributed by atoms with Gasteiger partial charge in [-0.3, -0.25) is 4.79 Å². The molecule has 1 saturated heterocycles. The van der Waals surface area contributed by atoms with Crippen molar-refractivity contribution in [3.8, 4) is 11.8 Å². The van der Waals surface area contributed by atoms with Crippen molar-refractivity contribution < 1.29 is 23.1 Å². The Kier molecular flexibility index (Phi) is 5.40. The molecule has 144 valence electrons. The zero-order valence-corrected chi connectivity index (χ0v) is 14.8. The monoisotopic (exact) mass is 386 g/mol. The number of amides is 3. The van der Waals surface area contributed by atoms with Crippen LogP contribution in [0.5, 0.6) is 5.75 Å². The van der Waals surface area contributed by atoms with Gasteiger partial charge >= 0.3 is 6.03 Å². The molecule has 3 N–H and O–H groups in total. The molecule has 9 heteroatoms. The maximum Gasteiger partial charge on any atom is 0.319 e. The average molecular weight is 386 g/mol. The van der Waals surface area contributed by atoms with Gasteiger partial charge < -0.3 is 20.7 Å². The molecule has 1 aliphatic heterocycles. The van der Waals surface area contributed by atoms with Crippen LogP contribution in [0.4, 0.5) is 19.3 Å². The van der Waals surface area contributed by atoms with Crippen molar-refractivity contribution in [3.63, 3.8) is 0 Å². The van der Waals surface area contributed by atoms with Gasteiger partial charge in [-0.2, -0.15) is 5.26 Å². The standard InChI is InChI=1S/C19H16F2N4O3/c1-28-12-6-14(20)16(15(21)7-12)13-9-23-18(26)17(13)25-19(27)24-11-4-2-10(8-22)3-5-11/h2-7,13,17H,9H2,1H3,(H,23,26)(H2,24,25,27). The highest BCUT2D eigenvalue weighted by molar-refractivity contribution is 5.95. The molecule has 3 rings (SSSR count). The van der Waals surface area contributed by atoms with Crippen molar-refractivity contribution in [1.29, 1.82) is 5.26 Å².